The largest absolute Gasteiger partial charge is 0.399 e. The van der Waals surface area contributed by atoms with E-state index in [9.17, 15) is 0 Å². The quantitative estimate of drug-likeness (QED) is 0.803. The van der Waals surface area contributed by atoms with Gasteiger partial charge in [0.15, 0.2) is 0 Å². The van der Waals surface area contributed by atoms with E-state index in [4.69, 9.17) is 15.2 Å². The van der Waals surface area contributed by atoms with Gasteiger partial charge in [-0.1, -0.05) is 6.07 Å². The van der Waals surface area contributed by atoms with Crippen LogP contribution in [0.4, 0.5) is 5.69 Å². The molecule has 17 heavy (non-hydrogen) atoms. The van der Waals surface area contributed by atoms with Crippen molar-refractivity contribution in [1.29, 1.82) is 0 Å². The zero-order valence-electron chi connectivity index (χ0n) is 10.5. The fraction of sp³-hybridized carbons (Fsp3) is 0.538. The molecule has 0 aromatic heterocycles. The van der Waals surface area contributed by atoms with E-state index >= 15 is 0 Å². The number of anilines is 1. The summed E-state index contributed by atoms with van der Waals surface area (Å²) in [5, 5.41) is 0. The lowest BCUT2D eigenvalue weighted by molar-refractivity contribution is -0.0503. The van der Waals surface area contributed by atoms with Crippen molar-refractivity contribution in [3.63, 3.8) is 0 Å². The Morgan fingerprint density at radius 3 is 2.94 bits per heavy atom. The highest BCUT2D eigenvalue weighted by Gasteiger charge is 2.26. The Labute approximate surface area is 102 Å². The van der Waals surface area contributed by atoms with Crippen LogP contribution in [0.1, 0.15) is 17.4 Å². The van der Waals surface area contributed by atoms with Gasteiger partial charge in [0, 0.05) is 38.6 Å². The lowest BCUT2D eigenvalue weighted by Gasteiger charge is -2.36. The van der Waals surface area contributed by atoms with Gasteiger partial charge in [0.25, 0.3) is 0 Å². The molecular weight excluding hydrogens is 216 g/mol. The Morgan fingerprint density at radius 2 is 2.24 bits per heavy atom. The maximum Gasteiger partial charge on any atom is 0.136 e. The van der Waals surface area contributed by atoms with Crippen LogP contribution in [0.25, 0.3) is 0 Å². The number of fused-ring (bicyclic) bond motifs is 1. The minimum atomic E-state index is -0.00241. The number of nitrogens with zero attached hydrogens (tertiary/aromatic N) is 1. The van der Waals surface area contributed by atoms with E-state index in [1.54, 1.807) is 14.2 Å². The number of benzene rings is 1. The smallest absolute Gasteiger partial charge is 0.136 e. The van der Waals surface area contributed by atoms with Crippen LogP contribution in [0.5, 0.6) is 0 Å². The van der Waals surface area contributed by atoms with E-state index in [-0.39, 0.29) is 6.23 Å². The molecule has 0 radical (unpaired) electrons. The van der Waals surface area contributed by atoms with Gasteiger partial charge in [0.2, 0.25) is 0 Å². The summed E-state index contributed by atoms with van der Waals surface area (Å²) in [6.45, 7) is 2.60. The average Bonchev–Trinajstić information content (AvgIpc) is 2.35. The molecular formula is C13H20N2O2. The molecule has 1 aromatic carbocycles. The van der Waals surface area contributed by atoms with Gasteiger partial charge in [0.1, 0.15) is 6.23 Å². The van der Waals surface area contributed by atoms with Crippen LogP contribution in [-0.2, 0) is 15.9 Å². The topological polar surface area (TPSA) is 47.7 Å². The van der Waals surface area contributed by atoms with Gasteiger partial charge in [0.05, 0.1) is 6.61 Å². The normalized spacial score (nSPS) is 20.2. The third kappa shape index (κ3) is 2.60. The second-order valence-electron chi connectivity index (χ2n) is 4.33. The second-order valence-corrected chi connectivity index (χ2v) is 4.33. The van der Waals surface area contributed by atoms with Crippen LogP contribution < -0.4 is 5.73 Å². The highest BCUT2D eigenvalue weighted by Crippen LogP contribution is 2.31. The van der Waals surface area contributed by atoms with Crippen LogP contribution in [-0.4, -0.2) is 38.8 Å². The molecule has 94 valence electrons. The Bertz CT molecular complexity index is 382. The van der Waals surface area contributed by atoms with E-state index in [1.807, 2.05) is 12.1 Å². The molecule has 0 fully saturated rings. The lowest BCUT2D eigenvalue weighted by atomic mass is 9.97. The third-order valence-corrected chi connectivity index (χ3v) is 3.24. The molecule has 1 aromatic rings. The first kappa shape index (κ1) is 12.4. The van der Waals surface area contributed by atoms with Crippen molar-refractivity contribution in [2.24, 2.45) is 0 Å². The van der Waals surface area contributed by atoms with Crippen LogP contribution in [0, 0.1) is 0 Å². The number of hydrogen-bond acceptors (Lipinski definition) is 4. The van der Waals surface area contributed by atoms with Crippen molar-refractivity contribution in [2.75, 3.05) is 39.6 Å². The Kier molecular flexibility index (Phi) is 3.99. The first-order chi connectivity index (χ1) is 8.26. The van der Waals surface area contributed by atoms with Crippen molar-refractivity contribution in [1.82, 2.24) is 4.90 Å². The minimum Gasteiger partial charge on any atom is -0.399 e. The molecule has 1 heterocycles. The lowest BCUT2D eigenvalue weighted by Crippen LogP contribution is -2.38. The standard InChI is InChI=1S/C13H20N2O2/c1-16-8-7-15-6-5-10-3-4-11(14)9-12(10)13(15)17-2/h3-4,9,13H,5-8,14H2,1-2H3. The number of nitrogen functional groups attached to an aromatic ring is 1. The molecule has 0 amide bonds. The molecule has 1 unspecified atom stereocenters. The Balaban J connectivity index is 2.22. The summed E-state index contributed by atoms with van der Waals surface area (Å²) in [5.74, 6) is 0. The molecule has 1 atom stereocenters. The Morgan fingerprint density at radius 1 is 1.41 bits per heavy atom. The molecule has 0 saturated carbocycles. The van der Waals surface area contributed by atoms with Crippen molar-refractivity contribution in [3.8, 4) is 0 Å². The van der Waals surface area contributed by atoms with Gasteiger partial charge >= 0.3 is 0 Å². The zero-order chi connectivity index (χ0) is 12.3. The molecule has 4 nitrogen and oxygen atoms in total. The van der Waals surface area contributed by atoms with Gasteiger partial charge < -0.3 is 15.2 Å². The van der Waals surface area contributed by atoms with Crippen molar-refractivity contribution in [3.05, 3.63) is 29.3 Å². The zero-order valence-corrected chi connectivity index (χ0v) is 10.5. The fourth-order valence-corrected chi connectivity index (χ4v) is 2.36. The number of methoxy groups -OCH3 is 2. The first-order valence-electron chi connectivity index (χ1n) is 5.90. The summed E-state index contributed by atoms with van der Waals surface area (Å²) < 4.78 is 10.7. The summed E-state index contributed by atoms with van der Waals surface area (Å²) in [6, 6.07) is 6.07. The first-order valence-corrected chi connectivity index (χ1v) is 5.90. The maximum atomic E-state index is 5.85. The molecule has 2 N–H and O–H groups in total. The van der Waals surface area contributed by atoms with Crippen LogP contribution in [0.2, 0.25) is 0 Å². The molecule has 0 bridgehead atoms. The minimum absolute atomic E-state index is 0.00241. The van der Waals surface area contributed by atoms with E-state index < -0.39 is 0 Å². The van der Waals surface area contributed by atoms with Gasteiger partial charge in [-0.2, -0.15) is 0 Å². The number of hydrogen-bond donors (Lipinski definition) is 1. The average molecular weight is 236 g/mol. The molecule has 0 saturated heterocycles. The van der Waals surface area contributed by atoms with E-state index in [2.05, 4.69) is 11.0 Å². The van der Waals surface area contributed by atoms with Gasteiger partial charge in [-0.3, -0.25) is 4.90 Å². The van der Waals surface area contributed by atoms with Crippen LogP contribution in [0.3, 0.4) is 0 Å². The molecule has 1 aliphatic rings. The second kappa shape index (κ2) is 5.49. The van der Waals surface area contributed by atoms with Crippen molar-refractivity contribution < 1.29 is 9.47 Å². The van der Waals surface area contributed by atoms with Crippen molar-refractivity contribution in [2.45, 2.75) is 12.6 Å². The van der Waals surface area contributed by atoms with Crippen LogP contribution in [0.15, 0.2) is 18.2 Å². The number of nitrogens with two attached hydrogens (primary N) is 1. The van der Waals surface area contributed by atoms with Crippen LogP contribution >= 0.6 is 0 Å². The Hall–Kier alpha value is -1.10. The fourth-order valence-electron chi connectivity index (χ4n) is 2.36. The summed E-state index contributed by atoms with van der Waals surface area (Å²) in [5.41, 5.74) is 9.16. The molecule has 4 heteroatoms. The summed E-state index contributed by atoms with van der Waals surface area (Å²) >= 11 is 0. The van der Waals surface area contributed by atoms with Crippen molar-refractivity contribution >= 4 is 5.69 Å². The highest BCUT2D eigenvalue weighted by molar-refractivity contribution is 5.46. The third-order valence-electron chi connectivity index (χ3n) is 3.24. The van der Waals surface area contributed by atoms with E-state index in [0.29, 0.717) is 0 Å². The van der Waals surface area contributed by atoms with Gasteiger partial charge in [-0.05, 0) is 24.1 Å². The predicted octanol–water partition coefficient (Wildman–Crippen LogP) is 1.42. The molecule has 0 aliphatic carbocycles. The molecule has 1 aliphatic heterocycles. The highest BCUT2D eigenvalue weighted by atomic mass is 16.5. The molecule has 0 spiro atoms. The predicted molar refractivity (Wildman–Crippen MR) is 67.8 cm³/mol. The maximum absolute atomic E-state index is 5.85. The van der Waals surface area contributed by atoms with Gasteiger partial charge in [-0.25, -0.2) is 0 Å². The van der Waals surface area contributed by atoms with Gasteiger partial charge in [-0.15, -0.1) is 0 Å². The monoisotopic (exact) mass is 236 g/mol. The SMILES string of the molecule is COCCN1CCc2ccc(N)cc2C1OC. The summed E-state index contributed by atoms with van der Waals surface area (Å²) in [7, 11) is 3.46. The molecule has 2 rings (SSSR count). The van der Waals surface area contributed by atoms with E-state index in [1.165, 1.54) is 11.1 Å². The summed E-state index contributed by atoms with van der Waals surface area (Å²) in [4.78, 5) is 2.28. The number of ether oxygens (including phenoxy) is 2. The number of rotatable bonds is 4. The van der Waals surface area contributed by atoms with E-state index in [0.717, 1.165) is 31.8 Å². The summed E-state index contributed by atoms with van der Waals surface area (Å²) in [6.07, 6.45) is 1.04.